The minimum absolute atomic E-state index is 0.00758. The van der Waals surface area contributed by atoms with E-state index < -0.39 is 0 Å². The molecule has 0 aliphatic rings. The maximum atomic E-state index is 11.9. The number of guanidine groups is 1. The van der Waals surface area contributed by atoms with Crippen LogP contribution in [0.3, 0.4) is 0 Å². The number of carbonyl (C=O) groups excluding carboxylic acids is 1. The van der Waals surface area contributed by atoms with Gasteiger partial charge in [-0.2, -0.15) is 0 Å². The molecule has 1 aromatic rings. The van der Waals surface area contributed by atoms with Crippen LogP contribution in [0.4, 0.5) is 0 Å². The third kappa shape index (κ3) is 8.82. The van der Waals surface area contributed by atoms with Gasteiger partial charge < -0.3 is 25.0 Å². The van der Waals surface area contributed by atoms with Crippen LogP contribution in [-0.2, 0) is 16.0 Å². The largest absolute Gasteiger partial charge is 0.382 e. The molecular formula is C19H32N4O3. The first-order chi connectivity index (χ1) is 12.6. The van der Waals surface area contributed by atoms with Gasteiger partial charge in [-0.25, -0.2) is 0 Å². The molecule has 0 radical (unpaired) electrons. The minimum atomic E-state index is 0.00758. The molecular weight excluding hydrogens is 332 g/mol. The molecule has 0 saturated carbocycles. The fraction of sp³-hybridized carbons (Fsp3) is 0.579. The summed E-state index contributed by atoms with van der Waals surface area (Å²) in [4.78, 5) is 17.7. The van der Waals surface area contributed by atoms with Crippen LogP contribution in [0, 0.1) is 0 Å². The van der Waals surface area contributed by atoms with Crippen LogP contribution in [-0.4, -0.2) is 71.4 Å². The smallest absolute Gasteiger partial charge is 0.253 e. The van der Waals surface area contributed by atoms with Crippen LogP contribution in [0.2, 0.25) is 0 Å². The number of ether oxygens (including phenoxy) is 2. The first kappa shape index (κ1) is 21.9. The fourth-order valence-corrected chi connectivity index (χ4v) is 2.21. The van der Waals surface area contributed by atoms with E-state index in [0.717, 1.165) is 37.5 Å². The zero-order chi connectivity index (χ0) is 19.2. The molecule has 0 unspecified atom stereocenters. The molecule has 7 heteroatoms. The van der Waals surface area contributed by atoms with E-state index in [0.29, 0.717) is 25.3 Å². The van der Waals surface area contributed by atoms with Gasteiger partial charge in [-0.05, 0) is 30.5 Å². The van der Waals surface area contributed by atoms with E-state index in [-0.39, 0.29) is 5.91 Å². The number of unbranched alkanes of at least 4 members (excludes halogenated alkanes) is 1. The van der Waals surface area contributed by atoms with Crippen molar-refractivity contribution in [3.05, 3.63) is 35.4 Å². The molecule has 0 fully saturated rings. The van der Waals surface area contributed by atoms with Crippen molar-refractivity contribution in [3.8, 4) is 0 Å². The van der Waals surface area contributed by atoms with Crippen molar-refractivity contribution in [2.75, 3.05) is 54.6 Å². The monoisotopic (exact) mass is 364 g/mol. The molecule has 0 aliphatic heterocycles. The molecule has 0 aromatic heterocycles. The average molecular weight is 364 g/mol. The highest BCUT2D eigenvalue weighted by atomic mass is 16.5. The topological polar surface area (TPSA) is 75.2 Å². The highest BCUT2D eigenvalue weighted by Crippen LogP contribution is 2.06. The maximum Gasteiger partial charge on any atom is 0.253 e. The summed E-state index contributed by atoms with van der Waals surface area (Å²) in [5.41, 5.74) is 1.78. The first-order valence-electron chi connectivity index (χ1n) is 8.90. The molecule has 0 spiro atoms. The predicted molar refractivity (Wildman–Crippen MR) is 105 cm³/mol. The molecule has 1 rings (SSSR count). The number of carbonyl (C=O) groups is 1. The number of methoxy groups -OCH3 is 1. The average Bonchev–Trinajstić information content (AvgIpc) is 2.66. The fourth-order valence-electron chi connectivity index (χ4n) is 2.21. The van der Waals surface area contributed by atoms with E-state index in [1.54, 1.807) is 33.2 Å². The molecule has 0 atom stereocenters. The summed E-state index contributed by atoms with van der Waals surface area (Å²) >= 11 is 0. The van der Waals surface area contributed by atoms with Crippen molar-refractivity contribution < 1.29 is 14.3 Å². The van der Waals surface area contributed by atoms with Crippen molar-refractivity contribution in [2.45, 2.75) is 19.4 Å². The highest BCUT2D eigenvalue weighted by molar-refractivity contribution is 5.93. The molecule has 1 amide bonds. The summed E-state index contributed by atoms with van der Waals surface area (Å²) in [6.07, 6.45) is 2.00. The molecule has 0 heterocycles. The van der Waals surface area contributed by atoms with Gasteiger partial charge in [-0.1, -0.05) is 12.1 Å². The van der Waals surface area contributed by atoms with Gasteiger partial charge in [0, 0.05) is 53.5 Å². The standard InChI is InChI=1S/C19H32N4O3/c1-20-19(21-11-5-6-12-26-14-13-25-4)22-15-16-7-9-17(10-8-16)18(24)23(2)3/h7-10H,5-6,11-15H2,1-4H3,(H2,20,21,22). The molecule has 26 heavy (non-hydrogen) atoms. The lowest BCUT2D eigenvalue weighted by molar-refractivity contribution is 0.0689. The van der Waals surface area contributed by atoms with Crippen LogP contribution in [0.25, 0.3) is 0 Å². The number of nitrogens with zero attached hydrogens (tertiary/aromatic N) is 2. The van der Waals surface area contributed by atoms with E-state index in [4.69, 9.17) is 9.47 Å². The third-order valence-corrected chi connectivity index (χ3v) is 3.73. The number of hydrogen-bond acceptors (Lipinski definition) is 4. The zero-order valence-electron chi connectivity index (χ0n) is 16.4. The van der Waals surface area contributed by atoms with Crippen molar-refractivity contribution >= 4 is 11.9 Å². The Morgan fingerprint density at radius 1 is 1.08 bits per heavy atom. The number of nitrogens with one attached hydrogen (secondary N) is 2. The number of hydrogen-bond donors (Lipinski definition) is 2. The van der Waals surface area contributed by atoms with Gasteiger partial charge >= 0.3 is 0 Å². The van der Waals surface area contributed by atoms with Gasteiger partial charge in [0.05, 0.1) is 13.2 Å². The van der Waals surface area contributed by atoms with Crippen LogP contribution in [0.15, 0.2) is 29.3 Å². The summed E-state index contributed by atoms with van der Waals surface area (Å²) in [5.74, 6) is 0.770. The Bertz CT molecular complexity index is 544. The quantitative estimate of drug-likeness (QED) is 0.354. The Hall–Kier alpha value is -2.12. The van der Waals surface area contributed by atoms with E-state index in [1.807, 2.05) is 24.3 Å². The predicted octanol–water partition coefficient (Wildman–Crippen LogP) is 1.50. The second-order valence-corrected chi connectivity index (χ2v) is 6.06. The number of amides is 1. The first-order valence-corrected chi connectivity index (χ1v) is 8.90. The number of rotatable bonds is 11. The van der Waals surface area contributed by atoms with Crippen LogP contribution in [0.1, 0.15) is 28.8 Å². The number of benzene rings is 1. The SMILES string of the molecule is CN=C(NCCCCOCCOC)NCc1ccc(C(=O)N(C)C)cc1. The second-order valence-electron chi connectivity index (χ2n) is 6.06. The van der Waals surface area contributed by atoms with E-state index in [9.17, 15) is 4.79 Å². The molecule has 7 nitrogen and oxygen atoms in total. The highest BCUT2D eigenvalue weighted by Gasteiger charge is 2.07. The molecule has 0 saturated heterocycles. The normalized spacial score (nSPS) is 11.3. The van der Waals surface area contributed by atoms with Crippen LogP contribution < -0.4 is 10.6 Å². The van der Waals surface area contributed by atoms with Crippen molar-refractivity contribution in [2.24, 2.45) is 4.99 Å². The summed E-state index contributed by atoms with van der Waals surface area (Å²) in [6.45, 7) is 3.51. The zero-order valence-corrected chi connectivity index (χ0v) is 16.4. The minimum Gasteiger partial charge on any atom is -0.382 e. The summed E-state index contributed by atoms with van der Waals surface area (Å²) in [5, 5.41) is 6.56. The van der Waals surface area contributed by atoms with Crippen molar-refractivity contribution in [3.63, 3.8) is 0 Å². The van der Waals surface area contributed by atoms with Crippen LogP contribution in [0.5, 0.6) is 0 Å². The Morgan fingerprint density at radius 3 is 2.42 bits per heavy atom. The lowest BCUT2D eigenvalue weighted by Gasteiger charge is -2.13. The van der Waals surface area contributed by atoms with E-state index >= 15 is 0 Å². The Kier molecular flexibility index (Phi) is 11.1. The van der Waals surface area contributed by atoms with Crippen LogP contribution >= 0.6 is 0 Å². The van der Waals surface area contributed by atoms with Gasteiger partial charge in [-0.15, -0.1) is 0 Å². The lowest BCUT2D eigenvalue weighted by atomic mass is 10.1. The molecule has 0 aliphatic carbocycles. The van der Waals surface area contributed by atoms with Gasteiger partial charge in [0.15, 0.2) is 5.96 Å². The van der Waals surface area contributed by atoms with E-state index in [2.05, 4.69) is 15.6 Å². The Balaban J connectivity index is 2.24. The summed E-state index contributed by atoms with van der Waals surface area (Å²) < 4.78 is 10.4. The maximum absolute atomic E-state index is 11.9. The van der Waals surface area contributed by atoms with Gasteiger partial charge in [0.1, 0.15) is 0 Å². The summed E-state index contributed by atoms with van der Waals surface area (Å²) in [6, 6.07) is 7.60. The Labute approximate surface area is 156 Å². The van der Waals surface area contributed by atoms with Gasteiger partial charge in [0.2, 0.25) is 0 Å². The molecule has 0 bridgehead atoms. The number of aliphatic imine (C=N–C) groups is 1. The molecule has 1 aromatic carbocycles. The van der Waals surface area contributed by atoms with Gasteiger partial charge in [0.25, 0.3) is 5.91 Å². The lowest BCUT2D eigenvalue weighted by Crippen LogP contribution is -2.37. The van der Waals surface area contributed by atoms with Crippen molar-refractivity contribution in [1.82, 2.24) is 15.5 Å². The van der Waals surface area contributed by atoms with E-state index in [1.165, 1.54) is 0 Å². The molecule has 146 valence electrons. The van der Waals surface area contributed by atoms with Gasteiger partial charge in [-0.3, -0.25) is 9.79 Å². The van der Waals surface area contributed by atoms with Crippen molar-refractivity contribution in [1.29, 1.82) is 0 Å². The Morgan fingerprint density at radius 2 is 1.81 bits per heavy atom. The third-order valence-electron chi connectivity index (χ3n) is 3.73. The molecule has 2 N–H and O–H groups in total. The summed E-state index contributed by atoms with van der Waals surface area (Å²) in [7, 11) is 6.92. The second kappa shape index (κ2) is 13.1.